The van der Waals surface area contributed by atoms with E-state index >= 15 is 0 Å². The van der Waals surface area contributed by atoms with Crippen molar-refractivity contribution < 1.29 is 14.7 Å². The Hall–Kier alpha value is -1.10. The molecule has 0 aromatic carbocycles. The molecule has 0 spiro atoms. The van der Waals surface area contributed by atoms with Crippen LogP contribution >= 0.6 is 0 Å². The van der Waals surface area contributed by atoms with Gasteiger partial charge in [-0.15, -0.1) is 0 Å². The molecule has 1 heterocycles. The predicted octanol–water partition coefficient (Wildman–Crippen LogP) is -0.816. The Labute approximate surface area is 76.5 Å². The lowest BCUT2D eigenvalue weighted by Gasteiger charge is -2.05. The molecule has 1 saturated heterocycles. The lowest BCUT2D eigenvalue weighted by molar-refractivity contribution is -0.137. The van der Waals surface area contributed by atoms with E-state index in [0.29, 0.717) is 12.5 Å². The van der Waals surface area contributed by atoms with Gasteiger partial charge in [-0.25, -0.2) is 0 Å². The third kappa shape index (κ3) is 2.69. The van der Waals surface area contributed by atoms with E-state index in [0.717, 1.165) is 0 Å². The maximum Gasteiger partial charge on any atom is 0.322 e. The summed E-state index contributed by atoms with van der Waals surface area (Å²) in [6.45, 7) is 4.55. The molecule has 2 atom stereocenters. The maximum atomic E-state index is 11.2. The van der Waals surface area contributed by atoms with Crippen molar-refractivity contribution in [2.45, 2.75) is 25.9 Å². The second-order valence-electron chi connectivity index (χ2n) is 3.60. The molecule has 0 aliphatic carbocycles. The third-order valence-electron chi connectivity index (χ3n) is 1.82. The minimum Gasteiger partial charge on any atom is -0.480 e. The molecule has 0 aromatic heterocycles. The van der Waals surface area contributed by atoms with E-state index in [-0.39, 0.29) is 5.91 Å². The molecule has 0 saturated carbocycles. The standard InChI is InChI=1S/C8H14N2O3/c1-4(2)3-9-7(11)5-6(10-5)8(12)13/h4-6,10H,3H2,1-2H3,(H,9,11)(H,12,13)/t5-,6+/m0/s1. The van der Waals surface area contributed by atoms with Crippen LogP contribution in [0.15, 0.2) is 0 Å². The fourth-order valence-corrected chi connectivity index (χ4v) is 0.993. The lowest BCUT2D eigenvalue weighted by atomic mass is 10.2. The first-order valence-electron chi connectivity index (χ1n) is 4.29. The Morgan fingerprint density at radius 1 is 1.46 bits per heavy atom. The zero-order valence-corrected chi connectivity index (χ0v) is 7.70. The Morgan fingerprint density at radius 3 is 2.46 bits per heavy atom. The molecule has 1 aliphatic heterocycles. The van der Waals surface area contributed by atoms with Crippen LogP contribution in [0.1, 0.15) is 13.8 Å². The number of carboxylic acids is 1. The van der Waals surface area contributed by atoms with Crippen molar-refractivity contribution >= 4 is 11.9 Å². The molecule has 1 aliphatic rings. The zero-order valence-electron chi connectivity index (χ0n) is 7.70. The largest absolute Gasteiger partial charge is 0.480 e. The van der Waals surface area contributed by atoms with Crippen LogP contribution < -0.4 is 10.6 Å². The van der Waals surface area contributed by atoms with E-state index in [4.69, 9.17) is 5.11 Å². The predicted molar refractivity (Wildman–Crippen MR) is 46.2 cm³/mol. The van der Waals surface area contributed by atoms with Crippen molar-refractivity contribution in [3.8, 4) is 0 Å². The van der Waals surface area contributed by atoms with Crippen LogP contribution in [0.5, 0.6) is 0 Å². The minimum absolute atomic E-state index is 0.221. The van der Waals surface area contributed by atoms with E-state index in [1.807, 2.05) is 13.8 Å². The molecule has 5 nitrogen and oxygen atoms in total. The summed E-state index contributed by atoms with van der Waals surface area (Å²) in [5.74, 6) is -0.809. The second kappa shape index (κ2) is 3.74. The van der Waals surface area contributed by atoms with Gasteiger partial charge in [0.15, 0.2) is 0 Å². The number of hydrogen-bond donors (Lipinski definition) is 3. The summed E-state index contributed by atoms with van der Waals surface area (Å²) in [7, 11) is 0. The highest BCUT2D eigenvalue weighted by atomic mass is 16.4. The number of aliphatic carboxylic acids is 1. The first-order chi connectivity index (χ1) is 6.02. The molecule has 13 heavy (non-hydrogen) atoms. The Balaban J connectivity index is 2.24. The molecule has 1 rings (SSSR count). The van der Waals surface area contributed by atoms with Gasteiger partial charge in [0.05, 0.1) is 0 Å². The fourth-order valence-electron chi connectivity index (χ4n) is 0.993. The van der Waals surface area contributed by atoms with Gasteiger partial charge in [-0.2, -0.15) is 0 Å². The topological polar surface area (TPSA) is 88.3 Å². The van der Waals surface area contributed by atoms with E-state index in [9.17, 15) is 9.59 Å². The molecule has 0 bridgehead atoms. The summed E-state index contributed by atoms with van der Waals surface area (Å²) in [6, 6.07) is -1.22. The third-order valence-corrected chi connectivity index (χ3v) is 1.82. The van der Waals surface area contributed by atoms with Crippen LogP contribution in [0, 0.1) is 5.92 Å². The van der Waals surface area contributed by atoms with Crippen LogP contribution in [-0.2, 0) is 9.59 Å². The van der Waals surface area contributed by atoms with Crippen LogP contribution in [0.4, 0.5) is 0 Å². The number of carbonyl (C=O) groups excluding carboxylic acids is 1. The quantitative estimate of drug-likeness (QED) is 0.501. The average molecular weight is 186 g/mol. The molecule has 3 N–H and O–H groups in total. The molecule has 5 heteroatoms. The van der Waals surface area contributed by atoms with Crippen LogP contribution in [0.3, 0.4) is 0 Å². The summed E-state index contributed by atoms with van der Waals surface area (Å²) >= 11 is 0. The van der Waals surface area contributed by atoms with Gasteiger partial charge in [-0.3, -0.25) is 14.9 Å². The molecule has 0 unspecified atom stereocenters. The smallest absolute Gasteiger partial charge is 0.322 e. The summed E-state index contributed by atoms with van der Waals surface area (Å²) in [5.41, 5.74) is 0. The Morgan fingerprint density at radius 2 is 2.08 bits per heavy atom. The van der Waals surface area contributed by atoms with Crippen molar-refractivity contribution in [3.63, 3.8) is 0 Å². The van der Waals surface area contributed by atoms with Gasteiger partial charge in [0.2, 0.25) is 5.91 Å². The van der Waals surface area contributed by atoms with Gasteiger partial charge in [0, 0.05) is 6.54 Å². The average Bonchev–Trinajstić information content (AvgIpc) is 2.78. The first kappa shape index (κ1) is 9.98. The fraction of sp³-hybridized carbons (Fsp3) is 0.750. The number of amides is 1. The molecule has 74 valence electrons. The second-order valence-corrected chi connectivity index (χ2v) is 3.60. The number of carbonyl (C=O) groups is 2. The van der Waals surface area contributed by atoms with Gasteiger partial charge in [0.1, 0.15) is 12.1 Å². The number of carboxylic acid groups (broad SMARTS) is 1. The molecular formula is C8H14N2O3. The van der Waals surface area contributed by atoms with Gasteiger partial charge >= 0.3 is 5.97 Å². The molecule has 1 amide bonds. The summed E-state index contributed by atoms with van der Waals surface area (Å²) < 4.78 is 0. The highest BCUT2D eigenvalue weighted by Gasteiger charge is 2.47. The highest BCUT2D eigenvalue weighted by molar-refractivity contribution is 5.94. The summed E-state index contributed by atoms with van der Waals surface area (Å²) in [4.78, 5) is 21.6. The molecule has 0 radical (unpaired) electrons. The van der Waals surface area contributed by atoms with Crippen molar-refractivity contribution in [2.75, 3.05) is 6.54 Å². The van der Waals surface area contributed by atoms with Crippen LogP contribution in [0.2, 0.25) is 0 Å². The van der Waals surface area contributed by atoms with Crippen molar-refractivity contribution in [2.24, 2.45) is 5.92 Å². The van der Waals surface area contributed by atoms with E-state index in [2.05, 4.69) is 10.6 Å². The number of nitrogens with one attached hydrogen (secondary N) is 2. The Kier molecular flexibility index (Phi) is 2.87. The van der Waals surface area contributed by atoms with Crippen LogP contribution in [0.25, 0.3) is 0 Å². The van der Waals surface area contributed by atoms with Gasteiger partial charge in [-0.05, 0) is 5.92 Å². The van der Waals surface area contributed by atoms with Gasteiger partial charge in [-0.1, -0.05) is 13.8 Å². The highest BCUT2D eigenvalue weighted by Crippen LogP contribution is 2.10. The normalized spacial score (nSPS) is 25.8. The van der Waals surface area contributed by atoms with Gasteiger partial charge in [0.25, 0.3) is 0 Å². The number of rotatable bonds is 4. The first-order valence-corrected chi connectivity index (χ1v) is 4.29. The van der Waals surface area contributed by atoms with E-state index < -0.39 is 18.1 Å². The van der Waals surface area contributed by atoms with Crippen molar-refractivity contribution in [1.82, 2.24) is 10.6 Å². The monoisotopic (exact) mass is 186 g/mol. The zero-order chi connectivity index (χ0) is 10.0. The number of hydrogen-bond acceptors (Lipinski definition) is 3. The van der Waals surface area contributed by atoms with E-state index in [1.165, 1.54) is 0 Å². The van der Waals surface area contributed by atoms with Crippen molar-refractivity contribution in [3.05, 3.63) is 0 Å². The minimum atomic E-state index is -0.968. The molecular weight excluding hydrogens is 172 g/mol. The SMILES string of the molecule is CC(C)CNC(=O)[C@H]1N[C@H]1C(=O)O. The maximum absolute atomic E-state index is 11.2. The van der Waals surface area contributed by atoms with Crippen LogP contribution in [-0.4, -0.2) is 35.6 Å². The molecule has 1 fully saturated rings. The lowest BCUT2D eigenvalue weighted by Crippen LogP contribution is -2.33. The molecule has 0 aromatic rings. The Bertz CT molecular complexity index is 227. The van der Waals surface area contributed by atoms with Gasteiger partial charge < -0.3 is 10.4 Å². The summed E-state index contributed by atoms with van der Waals surface area (Å²) in [6.07, 6.45) is 0. The van der Waals surface area contributed by atoms with Crippen molar-refractivity contribution in [1.29, 1.82) is 0 Å². The summed E-state index contributed by atoms with van der Waals surface area (Å²) in [5, 5.41) is 13.8. The van der Waals surface area contributed by atoms with E-state index in [1.54, 1.807) is 0 Å².